The van der Waals surface area contributed by atoms with Crippen molar-refractivity contribution in [2.75, 3.05) is 18.1 Å². The third kappa shape index (κ3) is 2.46. The summed E-state index contributed by atoms with van der Waals surface area (Å²) >= 11 is 0. The van der Waals surface area contributed by atoms with E-state index in [0.29, 0.717) is 18.2 Å². The normalized spacial score (nSPS) is 24.0. The predicted octanol–water partition coefficient (Wildman–Crippen LogP) is 1.37. The second kappa shape index (κ2) is 5.35. The standard InChI is InChI=1S/C13H20N4O/c1-3-10-8-18-9(2)7-17(10)13-11(12(14)15)5-4-6-16-13/h4-6,9-10H,3,7-8H2,1-2H3,(H3,14,15). The molecule has 2 atom stereocenters. The summed E-state index contributed by atoms with van der Waals surface area (Å²) in [6, 6.07) is 3.96. The Kier molecular flexibility index (Phi) is 3.81. The number of nitrogens with one attached hydrogen (secondary N) is 1. The molecule has 0 bridgehead atoms. The molecule has 0 saturated carbocycles. The van der Waals surface area contributed by atoms with Gasteiger partial charge < -0.3 is 15.4 Å². The Morgan fingerprint density at radius 3 is 3.11 bits per heavy atom. The summed E-state index contributed by atoms with van der Waals surface area (Å²) in [5.74, 6) is 0.860. The minimum Gasteiger partial charge on any atom is -0.384 e. The zero-order valence-corrected chi connectivity index (χ0v) is 10.9. The van der Waals surface area contributed by atoms with Gasteiger partial charge in [-0.05, 0) is 25.5 Å². The summed E-state index contributed by atoms with van der Waals surface area (Å²) in [5, 5.41) is 7.65. The maximum atomic E-state index is 7.65. The quantitative estimate of drug-likeness (QED) is 0.626. The SMILES string of the molecule is CCC1COC(C)CN1c1ncccc1C(=N)N. The van der Waals surface area contributed by atoms with Crippen LogP contribution < -0.4 is 10.6 Å². The molecule has 0 aromatic carbocycles. The molecule has 1 aromatic rings. The van der Waals surface area contributed by atoms with E-state index in [1.807, 2.05) is 12.1 Å². The van der Waals surface area contributed by atoms with Crippen LogP contribution in [0.4, 0.5) is 5.82 Å². The molecule has 0 radical (unpaired) electrons. The van der Waals surface area contributed by atoms with Crippen LogP contribution in [0.2, 0.25) is 0 Å². The number of nitrogens with zero attached hydrogens (tertiary/aromatic N) is 2. The van der Waals surface area contributed by atoms with Crippen LogP contribution in [0.5, 0.6) is 0 Å². The lowest BCUT2D eigenvalue weighted by atomic mass is 10.1. The smallest absolute Gasteiger partial charge is 0.139 e. The topological polar surface area (TPSA) is 75.2 Å². The van der Waals surface area contributed by atoms with Crippen molar-refractivity contribution < 1.29 is 4.74 Å². The van der Waals surface area contributed by atoms with Crippen molar-refractivity contribution in [2.24, 2.45) is 5.73 Å². The van der Waals surface area contributed by atoms with Crippen LogP contribution in [-0.4, -0.2) is 36.1 Å². The van der Waals surface area contributed by atoms with Crippen molar-refractivity contribution in [3.63, 3.8) is 0 Å². The van der Waals surface area contributed by atoms with Crippen LogP contribution in [0.1, 0.15) is 25.8 Å². The van der Waals surface area contributed by atoms with Crippen LogP contribution in [0, 0.1) is 5.41 Å². The number of nitrogens with two attached hydrogens (primary N) is 1. The van der Waals surface area contributed by atoms with Gasteiger partial charge in [0.1, 0.15) is 11.7 Å². The first kappa shape index (κ1) is 12.8. The van der Waals surface area contributed by atoms with Gasteiger partial charge in [0.05, 0.1) is 24.3 Å². The van der Waals surface area contributed by atoms with Crippen molar-refractivity contribution in [2.45, 2.75) is 32.4 Å². The first-order chi connectivity index (χ1) is 8.63. The summed E-state index contributed by atoms with van der Waals surface area (Å²) in [6.07, 6.45) is 2.91. The van der Waals surface area contributed by atoms with E-state index in [9.17, 15) is 0 Å². The lowest BCUT2D eigenvalue weighted by Gasteiger charge is -2.39. The fraction of sp³-hybridized carbons (Fsp3) is 0.538. The molecule has 1 aliphatic rings. The summed E-state index contributed by atoms with van der Waals surface area (Å²) in [6.45, 7) is 5.67. The molecule has 2 heterocycles. The fourth-order valence-corrected chi connectivity index (χ4v) is 2.28. The number of morpholine rings is 1. The van der Waals surface area contributed by atoms with E-state index in [1.54, 1.807) is 6.20 Å². The molecule has 2 unspecified atom stereocenters. The molecule has 0 aliphatic carbocycles. The van der Waals surface area contributed by atoms with Gasteiger partial charge in [0.15, 0.2) is 0 Å². The Morgan fingerprint density at radius 2 is 2.44 bits per heavy atom. The molecular formula is C13H20N4O. The highest BCUT2D eigenvalue weighted by Crippen LogP contribution is 2.24. The molecular weight excluding hydrogens is 228 g/mol. The van der Waals surface area contributed by atoms with Crippen LogP contribution >= 0.6 is 0 Å². The van der Waals surface area contributed by atoms with E-state index in [4.69, 9.17) is 15.9 Å². The Bertz CT molecular complexity index is 435. The molecule has 2 rings (SSSR count). The van der Waals surface area contributed by atoms with Gasteiger partial charge >= 0.3 is 0 Å². The van der Waals surface area contributed by atoms with Crippen molar-refractivity contribution in [1.29, 1.82) is 5.41 Å². The summed E-state index contributed by atoms with van der Waals surface area (Å²) in [5.41, 5.74) is 6.33. The van der Waals surface area contributed by atoms with Gasteiger partial charge in [-0.3, -0.25) is 5.41 Å². The van der Waals surface area contributed by atoms with Crippen molar-refractivity contribution in [3.05, 3.63) is 23.9 Å². The molecule has 0 amide bonds. The number of nitrogen functional groups attached to an aromatic ring is 1. The van der Waals surface area contributed by atoms with Gasteiger partial charge in [-0.15, -0.1) is 0 Å². The van der Waals surface area contributed by atoms with Gasteiger partial charge in [-0.1, -0.05) is 6.92 Å². The summed E-state index contributed by atoms with van der Waals surface area (Å²) in [4.78, 5) is 6.62. The molecule has 98 valence electrons. The first-order valence-corrected chi connectivity index (χ1v) is 6.31. The number of hydrogen-bond donors (Lipinski definition) is 2. The van der Waals surface area contributed by atoms with E-state index in [1.165, 1.54) is 0 Å². The van der Waals surface area contributed by atoms with Crippen molar-refractivity contribution in [3.8, 4) is 0 Å². The van der Waals surface area contributed by atoms with Crippen molar-refractivity contribution >= 4 is 11.7 Å². The number of anilines is 1. The second-order valence-corrected chi connectivity index (χ2v) is 4.65. The van der Waals surface area contributed by atoms with Gasteiger partial charge in [0.25, 0.3) is 0 Å². The number of ether oxygens (including phenoxy) is 1. The molecule has 1 aliphatic heterocycles. The molecule has 0 spiro atoms. The number of rotatable bonds is 3. The molecule has 1 saturated heterocycles. The van der Waals surface area contributed by atoms with Gasteiger partial charge in [-0.2, -0.15) is 0 Å². The maximum Gasteiger partial charge on any atom is 0.139 e. The average molecular weight is 248 g/mol. The monoisotopic (exact) mass is 248 g/mol. The van der Waals surface area contributed by atoms with E-state index in [2.05, 4.69) is 23.7 Å². The Labute approximate surface area is 107 Å². The molecule has 5 nitrogen and oxygen atoms in total. The van der Waals surface area contributed by atoms with Gasteiger partial charge in [0, 0.05) is 12.7 Å². The summed E-state index contributed by atoms with van der Waals surface area (Å²) in [7, 11) is 0. The third-order valence-corrected chi connectivity index (χ3v) is 3.29. The van der Waals surface area contributed by atoms with Gasteiger partial charge in [-0.25, -0.2) is 4.98 Å². The average Bonchev–Trinajstić information content (AvgIpc) is 2.38. The van der Waals surface area contributed by atoms with Crippen LogP contribution in [-0.2, 0) is 4.74 Å². The first-order valence-electron chi connectivity index (χ1n) is 6.31. The minimum atomic E-state index is 0.0621. The predicted molar refractivity (Wildman–Crippen MR) is 72.1 cm³/mol. The lowest BCUT2D eigenvalue weighted by molar-refractivity contribution is 0.0296. The number of aromatic nitrogens is 1. The Hall–Kier alpha value is -1.62. The molecule has 1 fully saturated rings. The Morgan fingerprint density at radius 1 is 1.67 bits per heavy atom. The third-order valence-electron chi connectivity index (χ3n) is 3.29. The number of amidine groups is 1. The van der Waals surface area contributed by atoms with E-state index >= 15 is 0 Å². The molecule has 1 aromatic heterocycles. The van der Waals surface area contributed by atoms with E-state index < -0.39 is 0 Å². The number of hydrogen-bond acceptors (Lipinski definition) is 4. The zero-order valence-electron chi connectivity index (χ0n) is 10.9. The van der Waals surface area contributed by atoms with E-state index in [-0.39, 0.29) is 11.9 Å². The zero-order chi connectivity index (χ0) is 13.1. The van der Waals surface area contributed by atoms with Crippen LogP contribution in [0.3, 0.4) is 0 Å². The number of pyridine rings is 1. The fourth-order valence-electron chi connectivity index (χ4n) is 2.28. The lowest BCUT2D eigenvalue weighted by Crippen LogP contribution is -2.49. The highest BCUT2D eigenvalue weighted by Gasteiger charge is 2.28. The summed E-state index contributed by atoms with van der Waals surface area (Å²) < 4.78 is 5.68. The maximum absolute atomic E-state index is 7.65. The van der Waals surface area contributed by atoms with E-state index in [0.717, 1.165) is 18.8 Å². The Balaban J connectivity index is 2.36. The molecule has 5 heteroatoms. The van der Waals surface area contributed by atoms with Crippen LogP contribution in [0.25, 0.3) is 0 Å². The highest BCUT2D eigenvalue weighted by molar-refractivity contribution is 5.99. The molecule has 3 N–H and O–H groups in total. The van der Waals surface area contributed by atoms with Gasteiger partial charge in [0.2, 0.25) is 0 Å². The molecule has 18 heavy (non-hydrogen) atoms. The van der Waals surface area contributed by atoms with Crippen LogP contribution in [0.15, 0.2) is 18.3 Å². The largest absolute Gasteiger partial charge is 0.384 e. The second-order valence-electron chi connectivity index (χ2n) is 4.65. The van der Waals surface area contributed by atoms with Crippen molar-refractivity contribution in [1.82, 2.24) is 4.98 Å². The highest BCUT2D eigenvalue weighted by atomic mass is 16.5. The minimum absolute atomic E-state index is 0.0621.